The van der Waals surface area contributed by atoms with Crippen molar-refractivity contribution in [3.8, 4) is 0 Å². The Bertz CT molecular complexity index is 329. The topological polar surface area (TPSA) is 38.0 Å². The fourth-order valence-corrected chi connectivity index (χ4v) is 2.81. The zero-order chi connectivity index (χ0) is 12.1. The first kappa shape index (κ1) is 12.6. The van der Waals surface area contributed by atoms with Crippen LogP contribution in [0.15, 0.2) is 12.4 Å². The van der Waals surface area contributed by atoms with Crippen molar-refractivity contribution < 1.29 is 5.11 Å². The van der Waals surface area contributed by atoms with Crippen molar-refractivity contribution in [2.24, 2.45) is 13.0 Å². The second kappa shape index (κ2) is 6.20. The lowest BCUT2D eigenvalue weighted by Gasteiger charge is -2.22. The molecule has 0 amide bonds. The van der Waals surface area contributed by atoms with Gasteiger partial charge in [0.2, 0.25) is 0 Å². The highest BCUT2D eigenvalue weighted by molar-refractivity contribution is 4.93. The molecule has 3 nitrogen and oxygen atoms in total. The van der Waals surface area contributed by atoms with Gasteiger partial charge >= 0.3 is 0 Å². The van der Waals surface area contributed by atoms with Crippen LogP contribution in [0.25, 0.3) is 0 Å². The van der Waals surface area contributed by atoms with Crippen molar-refractivity contribution in [1.29, 1.82) is 0 Å². The third-order valence-corrected chi connectivity index (χ3v) is 3.97. The molecule has 1 saturated carbocycles. The molecule has 1 aromatic rings. The van der Waals surface area contributed by atoms with Crippen molar-refractivity contribution in [1.82, 2.24) is 9.55 Å². The molecule has 1 atom stereocenters. The molecule has 3 heteroatoms. The van der Waals surface area contributed by atoms with Crippen LogP contribution in [-0.4, -0.2) is 20.8 Å². The first-order valence-corrected chi connectivity index (χ1v) is 6.90. The van der Waals surface area contributed by atoms with Crippen molar-refractivity contribution in [2.45, 2.75) is 57.5 Å². The molecule has 0 saturated heterocycles. The summed E-state index contributed by atoms with van der Waals surface area (Å²) in [7, 11) is 1.98. The summed E-state index contributed by atoms with van der Waals surface area (Å²) in [6.45, 7) is 0. The molecule has 1 fully saturated rings. The van der Waals surface area contributed by atoms with Gasteiger partial charge in [0, 0.05) is 25.9 Å². The van der Waals surface area contributed by atoms with Crippen molar-refractivity contribution in [2.75, 3.05) is 0 Å². The van der Waals surface area contributed by atoms with E-state index in [9.17, 15) is 5.11 Å². The predicted molar refractivity (Wildman–Crippen MR) is 68.7 cm³/mol. The zero-order valence-corrected chi connectivity index (χ0v) is 10.8. The first-order chi connectivity index (χ1) is 8.25. The summed E-state index contributed by atoms with van der Waals surface area (Å²) in [6, 6.07) is 0. The summed E-state index contributed by atoms with van der Waals surface area (Å²) in [6.07, 6.45) is 13.2. The van der Waals surface area contributed by atoms with Crippen molar-refractivity contribution >= 4 is 0 Å². The molecule has 2 rings (SSSR count). The van der Waals surface area contributed by atoms with Gasteiger partial charge in [0.05, 0.1) is 6.10 Å². The molecule has 0 aromatic carbocycles. The molecule has 1 aromatic heterocycles. The Morgan fingerprint density at radius 3 is 2.82 bits per heavy atom. The van der Waals surface area contributed by atoms with E-state index in [0.717, 1.165) is 18.2 Å². The molecular weight excluding hydrogens is 212 g/mol. The summed E-state index contributed by atoms with van der Waals surface area (Å²) >= 11 is 0. The minimum absolute atomic E-state index is 0.224. The molecule has 1 N–H and O–H groups in total. The van der Waals surface area contributed by atoms with E-state index in [4.69, 9.17) is 0 Å². The Kier molecular flexibility index (Phi) is 4.60. The number of nitrogens with zero attached hydrogens (tertiary/aromatic N) is 2. The van der Waals surface area contributed by atoms with Gasteiger partial charge in [0.15, 0.2) is 0 Å². The van der Waals surface area contributed by atoms with Gasteiger partial charge < -0.3 is 9.67 Å². The van der Waals surface area contributed by atoms with E-state index < -0.39 is 0 Å². The van der Waals surface area contributed by atoms with Crippen molar-refractivity contribution in [3.63, 3.8) is 0 Å². The summed E-state index contributed by atoms with van der Waals surface area (Å²) in [4.78, 5) is 4.25. The molecule has 1 heterocycles. The monoisotopic (exact) mass is 236 g/mol. The predicted octanol–water partition coefficient (Wildman–Crippen LogP) is 2.68. The van der Waals surface area contributed by atoms with Crippen molar-refractivity contribution in [3.05, 3.63) is 18.2 Å². The lowest BCUT2D eigenvalue weighted by atomic mass is 9.85. The van der Waals surface area contributed by atoms with E-state index in [2.05, 4.69) is 4.98 Å². The number of aromatic nitrogens is 2. The number of imidazole rings is 1. The van der Waals surface area contributed by atoms with Crippen LogP contribution in [0.3, 0.4) is 0 Å². The third kappa shape index (κ3) is 3.84. The van der Waals surface area contributed by atoms with Gasteiger partial charge in [0.1, 0.15) is 5.82 Å². The third-order valence-electron chi connectivity index (χ3n) is 3.97. The fourth-order valence-electron chi connectivity index (χ4n) is 2.81. The highest BCUT2D eigenvalue weighted by Crippen LogP contribution is 2.27. The average Bonchev–Trinajstić information content (AvgIpc) is 2.74. The highest BCUT2D eigenvalue weighted by Gasteiger charge is 2.16. The SMILES string of the molecule is Cn1ccnc1CC(O)CCC1CCCCC1. The lowest BCUT2D eigenvalue weighted by molar-refractivity contribution is 0.146. The van der Waals surface area contributed by atoms with Crippen LogP contribution < -0.4 is 0 Å². The normalized spacial score (nSPS) is 19.4. The second-order valence-corrected chi connectivity index (χ2v) is 5.39. The van der Waals surface area contributed by atoms with E-state index in [0.29, 0.717) is 6.42 Å². The van der Waals surface area contributed by atoms with Gasteiger partial charge in [-0.3, -0.25) is 0 Å². The van der Waals surface area contributed by atoms with Crippen LogP contribution >= 0.6 is 0 Å². The summed E-state index contributed by atoms with van der Waals surface area (Å²) in [5, 5.41) is 10.0. The second-order valence-electron chi connectivity index (χ2n) is 5.39. The van der Waals surface area contributed by atoms with Gasteiger partial charge in [0.25, 0.3) is 0 Å². The summed E-state index contributed by atoms with van der Waals surface area (Å²) < 4.78 is 1.99. The van der Waals surface area contributed by atoms with E-state index in [-0.39, 0.29) is 6.10 Å². The number of aliphatic hydroxyl groups is 1. The van der Waals surface area contributed by atoms with E-state index >= 15 is 0 Å². The minimum atomic E-state index is -0.224. The average molecular weight is 236 g/mol. The molecule has 0 aliphatic heterocycles. The number of aryl methyl sites for hydroxylation is 1. The number of hydrogen-bond donors (Lipinski definition) is 1. The lowest BCUT2D eigenvalue weighted by Crippen LogP contribution is -2.16. The maximum atomic E-state index is 10.0. The van der Waals surface area contributed by atoms with Crippen LogP contribution in [0, 0.1) is 5.92 Å². The Labute approximate surface area is 104 Å². The minimum Gasteiger partial charge on any atom is -0.393 e. The molecule has 1 aliphatic carbocycles. The highest BCUT2D eigenvalue weighted by atomic mass is 16.3. The van der Waals surface area contributed by atoms with E-state index in [1.54, 1.807) is 6.20 Å². The van der Waals surface area contributed by atoms with Crippen LogP contribution in [-0.2, 0) is 13.5 Å². The number of aliphatic hydroxyl groups excluding tert-OH is 1. The van der Waals surface area contributed by atoms with Crippen LogP contribution in [0.1, 0.15) is 50.8 Å². The molecule has 1 unspecified atom stereocenters. The van der Waals surface area contributed by atoms with Gasteiger partial charge in [-0.15, -0.1) is 0 Å². The molecular formula is C14H24N2O. The Balaban J connectivity index is 1.70. The smallest absolute Gasteiger partial charge is 0.110 e. The fraction of sp³-hybridized carbons (Fsp3) is 0.786. The number of rotatable bonds is 5. The van der Waals surface area contributed by atoms with E-state index in [1.165, 1.54) is 38.5 Å². The molecule has 1 aliphatic rings. The van der Waals surface area contributed by atoms with Crippen LogP contribution in [0.2, 0.25) is 0 Å². The van der Waals surface area contributed by atoms with E-state index in [1.807, 2.05) is 17.8 Å². The molecule has 0 bridgehead atoms. The van der Waals surface area contributed by atoms with Crippen LogP contribution in [0.4, 0.5) is 0 Å². The van der Waals surface area contributed by atoms with Gasteiger partial charge in [-0.25, -0.2) is 4.98 Å². The maximum Gasteiger partial charge on any atom is 0.110 e. The van der Waals surface area contributed by atoms with Gasteiger partial charge in [-0.2, -0.15) is 0 Å². The zero-order valence-electron chi connectivity index (χ0n) is 10.8. The molecule has 17 heavy (non-hydrogen) atoms. The number of hydrogen-bond acceptors (Lipinski definition) is 2. The quantitative estimate of drug-likeness (QED) is 0.853. The maximum absolute atomic E-state index is 10.0. The van der Waals surface area contributed by atoms with Gasteiger partial charge in [-0.1, -0.05) is 32.1 Å². The molecule has 0 spiro atoms. The summed E-state index contributed by atoms with van der Waals surface area (Å²) in [5.41, 5.74) is 0. The Morgan fingerprint density at radius 2 is 2.18 bits per heavy atom. The van der Waals surface area contributed by atoms with Crippen LogP contribution in [0.5, 0.6) is 0 Å². The first-order valence-electron chi connectivity index (χ1n) is 6.90. The largest absolute Gasteiger partial charge is 0.393 e. The summed E-state index contributed by atoms with van der Waals surface area (Å²) in [5.74, 6) is 1.85. The Morgan fingerprint density at radius 1 is 1.41 bits per heavy atom. The molecule has 96 valence electrons. The Hall–Kier alpha value is -0.830. The molecule has 0 radical (unpaired) electrons. The van der Waals surface area contributed by atoms with Gasteiger partial charge in [-0.05, 0) is 18.8 Å². The standard InChI is InChI=1S/C14H24N2O/c1-16-10-9-15-14(16)11-13(17)8-7-12-5-3-2-4-6-12/h9-10,12-13,17H,2-8,11H2,1H3.